The van der Waals surface area contributed by atoms with Gasteiger partial charge in [-0.2, -0.15) is 0 Å². The smallest absolute Gasteiger partial charge is 0.331 e. The number of carbonyl (C=O) groups excluding carboxylic acids is 1. The van der Waals surface area contributed by atoms with Crippen molar-refractivity contribution in [2.75, 3.05) is 6.61 Å². The predicted molar refractivity (Wildman–Crippen MR) is 54.4 cm³/mol. The van der Waals surface area contributed by atoms with Crippen molar-refractivity contribution in [3.8, 4) is 0 Å². The van der Waals surface area contributed by atoms with Crippen LogP contribution in [0, 0.1) is 5.92 Å². The van der Waals surface area contributed by atoms with Gasteiger partial charge in [-0.25, -0.2) is 4.79 Å². The summed E-state index contributed by atoms with van der Waals surface area (Å²) in [5.41, 5.74) is 1.06. The van der Waals surface area contributed by atoms with Gasteiger partial charge in [-0.1, -0.05) is 32.1 Å². The molecule has 2 nitrogen and oxygen atoms in total. The Morgan fingerprint density at radius 2 is 2.15 bits per heavy atom. The van der Waals surface area contributed by atoms with Gasteiger partial charge in [0.1, 0.15) is 6.61 Å². The van der Waals surface area contributed by atoms with E-state index in [-0.39, 0.29) is 12.6 Å². The average Bonchev–Trinajstić information content (AvgIpc) is 1.98. The summed E-state index contributed by atoms with van der Waals surface area (Å²) in [5.74, 6) is 0.293. The summed E-state index contributed by atoms with van der Waals surface area (Å²) >= 11 is 0. The first-order valence-electron chi connectivity index (χ1n) is 4.51. The van der Waals surface area contributed by atoms with Crippen molar-refractivity contribution in [2.24, 2.45) is 5.92 Å². The molecule has 0 aliphatic heterocycles. The molecule has 0 aromatic carbocycles. The fraction of sp³-hybridized carbons (Fsp3) is 0.545. The Kier molecular flexibility index (Phi) is 5.94. The standard InChI is InChI=1S/C11H18O2/c1-5-6-13-11(12)8-10(4)7-9(2)3/h5,8-9H,1,6-7H2,2-4H3/b10-8+. The Morgan fingerprint density at radius 1 is 1.54 bits per heavy atom. The zero-order valence-corrected chi connectivity index (χ0v) is 8.67. The molecule has 0 spiro atoms. The molecule has 0 saturated carbocycles. The molecule has 0 amide bonds. The average molecular weight is 182 g/mol. The topological polar surface area (TPSA) is 26.3 Å². The Hall–Kier alpha value is -1.05. The maximum absolute atomic E-state index is 11.0. The van der Waals surface area contributed by atoms with Crippen molar-refractivity contribution in [2.45, 2.75) is 27.2 Å². The molecular weight excluding hydrogens is 164 g/mol. The molecule has 0 heterocycles. The summed E-state index contributed by atoms with van der Waals surface area (Å²) in [6.45, 7) is 9.92. The van der Waals surface area contributed by atoms with E-state index in [9.17, 15) is 4.79 Å². The Morgan fingerprint density at radius 3 is 2.62 bits per heavy atom. The summed E-state index contributed by atoms with van der Waals surface area (Å²) in [6, 6.07) is 0. The molecule has 0 fully saturated rings. The zero-order chi connectivity index (χ0) is 10.3. The number of hydrogen-bond donors (Lipinski definition) is 0. The molecule has 0 bridgehead atoms. The van der Waals surface area contributed by atoms with Crippen LogP contribution in [0.3, 0.4) is 0 Å². The molecule has 0 unspecified atom stereocenters. The summed E-state index contributed by atoms with van der Waals surface area (Å²) in [5, 5.41) is 0. The van der Waals surface area contributed by atoms with Crippen LogP contribution in [0.4, 0.5) is 0 Å². The van der Waals surface area contributed by atoms with Gasteiger partial charge in [0, 0.05) is 6.08 Å². The number of hydrogen-bond acceptors (Lipinski definition) is 2. The largest absolute Gasteiger partial charge is 0.458 e. The van der Waals surface area contributed by atoms with Gasteiger partial charge in [0.15, 0.2) is 0 Å². The van der Waals surface area contributed by atoms with E-state index in [2.05, 4.69) is 20.4 Å². The molecule has 0 atom stereocenters. The predicted octanol–water partition coefficient (Wildman–Crippen LogP) is 2.71. The molecule has 0 saturated heterocycles. The van der Waals surface area contributed by atoms with E-state index in [1.807, 2.05) is 6.92 Å². The van der Waals surface area contributed by atoms with Crippen LogP contribution in [0.5, 0.6) is 0 Å². The van der Waals surface area contributed by atoms with Gasteiger partial charge in [0.25, 0.3) is 0 Å². The van der Waals surface area contributed by atoms with Crippen LogP contribution in [0.2, 0.25) is 0 Å². The van der Waals surface area contributed by atoms with Crippen LogP contribution in [0.25, 0.3) is 0 Å². The molecular formula is C11H18O2. The molecule has 74 valence electrons. The quantitative estimate of drug-likeness (QED) is 0.371. The van der Waals surface area contributed by atoms with Gasteiger partial charge < -0.3 is 4.74 Å². The molecule has 0 radical (unpaired) electrons. The molecule has 13 heavy (non-hydrogen) atoms. The van der Waals surface area contributed by atoms with Gasteiger partial charge in [-0.15, -0.1) is 0 Å². The van der Waals surface area contributed by atoms with Crippen LogP contribution in [0.1, 0.15) is 27.2 Å². The third kappa shape index (κ3) is 7.32. The highest BCUT2D eigenvalue weighted by atomic mass is 16.5. The van der Waals surface area contributed by atoms with Gasteiger partial charge in [0.05, 0.1) is 0 Å². The number of ether oxygens (including phenoxy) is 1. The molecule has 0 rings (SSSR count). The molecule has 0 aliphatic rings. The molecule has 0 aromatic rings. The maximum atomic E-state index is 11.0. The van der Waals surface area contributed by atoms with Gasteiger partial charge in [0.2, 0.25) is 0 Å². The van der Waals surface area contributed by atoms with Crippen LogP contribution in [-0.2, 0) is 9.53 Å². The fourth-order valence-electron chi connectivity index (χ4n) is 1.09. The molecule has 0 aromatic heterocycles. The van der Waals surface area contributed by atoms with Crippen molar-refractivity contribution in [3.63, 3.8) is 0 Å². The Bertz CT molecular complexity index is 202. The third-order valence-corrected chi connectivity index (χ3v) is 1.44. The van der Waals surface area contributed by atoms with Crippen LogP contribution < -0.4 is 0 Å². The minimum atomic E-state index is -0.280. The highest BCUT2D eigenvalue weighted by Gasteiger charge is 2.00. The van der Waals surface area contributed by atoms with E-state index in [4.69, 9.17) is 4.74 Å². The summed E-state index contributed by atoms with van der Waals surface area (Å²) in [4.78, 5) is 11.0. The monoisotopic (exact) mass is 182 g/mol. The minimum absolute atomic E-state index is 0.280. The summed E-state index contributed by atoms with van der Waals surface area (Å²) in [6.07, 6.45) is 4.04. The summed E-state index contributed by atoms with van der Waals surface area (Å²) in [7, 11) is 0. The van der Waals surface area contributed by atoms with E-state index in [0.29, 0.717) is 5.92 Å². The van der Waals surface area contributed by atoms with Crippen molar-refractivity contribution in [3.05, 3.63) is 24.3 Å². The second kappa shape index (κ2) is 6.46. The number of rotatable bonds is 5. The van der Waals surface area contributed by atoms with Crippen LogP contribution >= 0.6 is 0 Å². The third-order valence-electron chi connectivity index (χ3n) is 1.44. The van der Waals surface area contributed by atoms with Gasteiger partial charge in [-0.05, 0) is 19.3 Å². The number of allylic oxidation sites excluding steroid dienone is 1. The second-order valence-electron chi connectivity index (χ2n) is 3.51. The first-order chi connectivity index (χ1) is 6.06. The van der Waals surface area contributed by atoms with E-state index in [1.54, 1.807) is 12.2 Å². The van der Waals surface area contributed by atoms with Crippen molar-refractivity contribution < 1.29 is 9.53 Å². The van der Waals surface area contributed by atoms with Crippen LogP contribution in [0.15, 0.2) is 24.3 Å². The first-order valence-corrected chi connectivity index (χ1v) is 4.51. The van der Waals surface area contributed by atoms with E-state index in [1.165, 1.54) is 0 Å². The van der Waals surface area contributed by atoms with Crippen LogP contribution in [-0.4, -0.2) is 12.6 Å². The number of carbonyl (C=O) groups is 1. The van der Waals surface area contributed by atoms with E-state index in [0.717, 1.165) is 12.0 Å². The molecule has 0 N–H and O–H groups in total. The lowest BCUT2D eigenvalue weighted by Gasteiger charge is -2.04. The minimum Gasteiger partial charge on any atom is -0.458 e. The maximum Gasteiger partial charge on any atom is 0.331 e. The lowest BCUT2D eigenvalue weighted by atomic mass is 10.0. The number of esters is 1. The van der Waals surface area contributed by atoms with E-state index >= 15 is 0 Å². The fourth-order valence-corrected chi connectivity index (χ4v) is 1.09. The highest BCUT2D eigenvalue weighted by molar-refractivity contribution is 5.82. The lowest BCUT2D eigenvalue weighted by molar-refractivity contribution is -0.136. The first kappa shape index (κ1) is 11.9. The summed E-state index contributed by atoms with van der Waals surface area (Å²) < 4.78 is 4.81. The van der Waals surface area contributed by atoms with Crippen molar-refractivity contribution in [1.29, 1.82) is 0 Å². The normalized spacial score (nSPS) is 11.5. The van der Waals surface area contributed by atoms with Gasteiger partial charge >= 0.3 is 5.97 Å². The highest BCUT2D eigenvalue weighted by Crippen LogP contribution is 2.09. The Balaban J connectivity index is 3.91. The lowest BCUT2D eigenvalue weighted by Crippen LogP contribution is -2.01. The van der Waals surface area contributed by atoms with Gasteiger partial charge in [-0.3, -0.25) is 0 Å². The molecule has 0 aliphatic carbocycles. The second-order valence-corrected chi connectivity index (χ2v) is 3.51. The Labute approximate surface area is 80.3 Å². The van der Waals surface area contributed by atoms with E-state index < -0.39 is 0 Å². The zero-order valence-electron chi connectivity index (χ0n) is 8.67. The van der Waals surface area contributed by atoms with Crippen molar-refractivity contribution in [1.82, 2.24) is 0 Å². The molecule has 2 heteroatoms. The van der Waals surface area contributed by atoms with Crippen molar-refractivity contribution >= 4 is 5.97 Å². The SMILES string of the molecule is C=CCOC(=O)/C=C(\C)CC(C)C.